The first-order valence-corrected chi connectivity index (χ1v) is 5.76. The van der Waals surface area contributed by atoms with Crippen LogP contribution in [-0.2, 0) is 0 Å². The van der Waals surface area contributed by atoms with Crippen LogP contribution < -0.4 is 9.47 Å². The van der Waals surface area contributed by atoms with Crippen LogP contribution in [0, 0.1) is 6.92 Å². The summed E-state index contributed by atoms with van der Waals surface area (Å²) in [5.41, 5.74) is 1.63. The highest BCUT2D eigenvalue weighted by molar-refractivity contribution is 5.69. The third kappa shape index (κ3) is 2.15. The molecule has 1 N–H and O–H groups in total. The molecule has 0 saturated carbocycles. The maximum absolute atomic E-state index is 9.04. The van der Waals surface area contributed by atoms with Crippen molar-refractivity contribution in [1.29, 1.82) is 0 Å². The molecule has 0 spiro atoms. The molecular formula is C14H18O3. The molecular weight excluding hydrogens is 216 g/mol. The topological polar surface area (TPSA) is 38.7 Å². The lowest BCUT2D eigenvalue weighted by atomic mass is 9.96. The maximum Gasteiger partial charge on any atom is 0.132 e. The number of aryl methyl sites for hydroxylation is 1. The van der Waals surface area contributed by atoms with Crippen molar-refractivity contribution in [3.63, 3.8) is 0 Å². The van der Waals surface area contributed by atoms with E-state index in [1.165, 1.54) is 0 Å². The van der Waals surface area contributed by atoms with E-state index in [1.807, 2.05) is 38.1 Å². The fourth-order valence-electron chi connectivity index (χ4n) is 2.11. The van der Waals surface area contributed by atoms with Crippen LogP contribution >= 0.6 is 0 Å². The number of hydrogen-bond donors (Lipinski definition) is 1. The van der Waals surface area contributed by atoms with Gasteiger partial charge in [-0.3, -0.25) is 0 Å². The predicted molar refractivity (Wildman–Crippen MR) is 67.5 cm³/mol. The minimum Gasteiger partial charge on any atom is -0.496 e. The molecule has 17 heavy (non-hydrogen) atoms. The number of fused-ring (bicyclic) bond motifs is 1. The Kier molecular flexibility index (Phi) is 3.11. The molecule has 1 atom stereocenters. The molecule has 1 aromatic carbocycles. The number of rotatable bonds is 3. The first kappa shape index (κ1) is 12.0. The van der Waals surface area contributed by atoms with Crippen LogP contribution in [0.2, 0.25) is 0 Å². The van der Waals surface area contributed by atoms with Crippen molar-refractivity contribution >= 4 is 6.08 Å². The number of benzene rings is 1. The Morgan fingerprint density at radius 3 is 2.82 bits per heavy atom. The molecule has 2 rings (SSSR count). The summed E-state index contributed by atoms with van der Waals surface area (Å²) in [6.45, 7) is 4.09. The van der Waals surface area contributed by atoms with E-state index in [0.29, 0.717) is 6.42 Å². The van der Waals surface area contributed by atoms with E-state index in [2.05, 4.69) is 0 Å². The second-order valence-corrected chi connectivity index (χ2v) is 4.55. The molecule has 1 aromatic rings. The Balaban J connectivity index is 2.42. The summed E-state index contributed by atoms with van der Waals surface area (Å²) in [6.07, 6.45) is 4.58. The van der Waals surface area contributed by atoms with Gasteiger partial charge in [0.15, 0.2) is 0 Å². The Morgan fingerprint density at radius 1 is 1.41 bits per heavy atom. The number of aliphatic hydroxyl groups is 1. The van der Waals surface area contributed by atoms with Crippen molar-refractivity contribution < 1.29 is 14.6 Å². The quantitative estimate of drug-likeness (QED) is 0.873. The van der Waals surface area contributed by atoms with E-state index in [9.17, 15) is 0 Å². The van der Waals surface area contributed by atoms with Crippen LogP contribution in [0.1, 0.15) is 24.5 Å². The van der Waals surface area contributed by atoms with E-state index in [0.717, 1.165) is 22.6 Å². The fourth-order valence-corrected chi connectivity index (χ4v) is 2.11. The fraction of sp³-hybridized carbons (Fsp3) is 0.429. The minimum atomic E-state index is -0.429. The first-order chi connectivity index (χ1) is 8.09. The highest BCUT2D eigenvalue weighted by Gasteiger charge is 2.28. The van der Waals surface area contributed by atoms with Gasteiger partial charge in [0.1, 0.15) is 17.1 Å². The third-order valence-corrected chi connectivity index (χ3v) is 3.11. The summed E-state index contributed by atoms with van der Waals surface area (Å²) < 4.78 is 11.3. The number of ether oxygens (including phenoxy) is 2. The molecule has 1 aliphatic rings. The van der Waals surface area contributed by atoms with Gasteiger partial charge in [-0.05, 0) is 37.6 Å². The van der Waals surface area contributed by atoms with Gasteiger partial charge >= 0.3 is 0 Å². The predicted octanol–water partition coefficient (Wildman–Crippen LogP) is 2.55. The van der Waals surface area contributed by atoms with Crippen LogP contribution in [0.5, 0.6) is 11.5 Å². The van der Waals surface area contributed by atoms with Crippen molar-refractivity contribution in [2.24, 2.45) is 0 Å². The number of aliphatic hydroxyl groups excluding tert-OH is 1. The van der Waals surface area contributed by atoms with E-state index in [1.54, 1.807) is 7.11 Å². The van der Waals surface area contributed by atoms with Gasteiger partial charge in [0.2, 0.25) is 0 Å². The lowest BCUT2D eigenvalue weighted by Gasteiger charge is -2.32. The van der Waals surface area contributed by atoms with Gasteiger partial charge in [-0.25, -0.2) is 0 Å². The molecule has 0 bridgehead atoms. The lowest BCUT2D eigenvalue weighted by Crippen LogP contribution is -2.33. The van der Waals surface area contributed by atoms with Gasteiger partial charge in [0, 0.05) is 13.0 Å². The van der Waals surface area contributed by atoms with Gasteiger partial charge in [0.05, 0.1) is 12.7 Å². The van der Waals surface area contributed by atoms with Crippen LogP contribution in [-0.4, -0.2) is 24.4 Å². The highest BCUT2D eigenvalue weighted by Crippen LogP contribution is 2.39. The zero-order valence-corrected chi connectivity index (χ0v) is 10.5. The van der Waals surface area contributed by atoms with Gasteiger partial charge in [0.25, 0.3) is 0 Å². The average molecular weight is 234 g/mol. The third-order valence-electron chi connectivity index (χ3n) is 3.11. The largest absolute Gasteiger partial charge is 0.496 e. The van der Waals surface area contributed by atoms with Crippen molar-refractivity contribution in [2.45, 2.75) is 25.9 Å². The first-order valence-electron chi connectivity index (χ1n) is 5.76. The normalized spacial score (nSPS) is 21.9. The van der Waals surface area contributed by atoms with Crippen LogP contribution in [0.4, 0.5) is 0 Å². The standard InChI is InChI=1S/C14H18O3/c1-10-4-5-12-11(13(10)16-3)6-7-14(2,17-12)8-9-15/h4-7,15H,8-9H2,1-3H3. The smallest absolute Gasteiger partial charge is 0.132 e. The molecule has 0 fully saturated rings. The van der Waals surface area contributed by atoms with E-state index >= 15 is 0 Å². The highest BCUT2D eigenvalue weighted by atomic mass is 16.5. The molecule has 0 amide bonds. The van der Waals surface area contributed by atoms with Gasteiger partial charge in [-0.15, -0.1) is 0 Å². The van der Waals surface area contributed by atoms with Gasteiger partial charge < -0.3 is 14.6 Å². The average Bonchev–Trinajstić information content (AvgIpc) is 2.29. The van der Waals surface area contributed by atoms with Crippen molar-refractivity contribution in [3.05, 3.63) is 29.3 Å². The Morgan fingerprint density at radius 2 is 2.18 bits per heavy atom. The van der Waals surface area contributed by atoms with E-state index < -0.39 is 5.60 Å². The second-order valence-electron chi connectivity index (χ2n) is 4.55. The molecule has 3 nitrogen and oxygen atoms in total. The summed E-state index contributed by atoms with van der Waals surface area (Å²) in [6, 6.07) is 3.93. The van der Waals surface area contributed by atoms with Crippen molar-refractivity contribution in [2.75, 3.05) is 13.7 Å². The van der Waals surface area contributed by atoms with E-state index in [4.69, 9.17) is 14.6 Å². The minimum absolute atomic E-state index is 0.110. The molecule has 1 aliphatic heterocycles. The molecule has 3 heteroatoms. The summed E-state index contributed by atoms with van der Waals surface area (Å²) in [4.78, 5) is 0. The Labute approximate surface area is 102 Å². The van der Waals surface area contributed by atoms with Gasteiger partial charge in [-0.1, -0.05) is 6.07 Å². The lowest BCUT2D eigenvalue weighted by molar-refractivity contribution is 0.100. The zero-order chi connectivity index (χ0) is 12.5. The Hall–Kier alpha value is -1.48. The summed E-state index contributed by atoms with van der Waals surface area (Å²) in [5.74, 6) is 1.66. The zero-order valence-electron chi connectivity index (χ0n) is 10.5. The number of methoxy groups -OCH3 is 1. The molecule has 1 heterocycles. The summed E-state index contributed by atoms with van der Waals surface area (Å²) >= 11 is 0. The molecule has 0 saturated heterocycles. The SMILES string of the molecule is COc1c(C)ccc2c1C=CC(C)(CCO)O2. The second kappa shape index (κ2) is 4.41. The summed E-state index contributed by atoms with van der Waals surface area (Å²) in [7, 11) is 1.66. The van der Waals surface area contributed by atoms with Gasteiger partial charge in [-0.2, -0.15) is 0 Å². The molecule has 92 valence electrons. The molecule has 0 aromatic heterocycles. The number of hydrogen-bond acceptors (Lipinski definition) is 3. The maximum atomic E-state index is 9.04. The van der Waals surface area contributed by atoms with Crippen molar-refractivity contribution in [1.82, 2.24) is 0 Å². The van der Waals surface area contributed by atoms with Crippen molar-refractivity contribution in [3.8, 4) is 11.5 Å². The van der Waals surface area contributed by atoms with Crippen LogP contribution in [0.15, 0.2) is 18.2 Å². The molecule has 1 unspecified atom stereocenters. The molecule has 0 aliphatic carbocycles. The van der Waals surface area contributed by atoms with Crippen LogP contribution in [0.25, 0.3) is 6.08 Å². The Bertz CT molecular complexity index is 451. The van der Waals surface area contributed by atoms with E-state index in [-0.39, 0.29) is 6.61 Å². The monoisotopic (exact) mass is 234 g/mol. The molecule has 0 radical (unpaired) electrons. The van der Waals surface area contributed by atoms with Crippen LogP contribution in [0.3, 0.4) is 0 Å². The summed E-state index contributed by atoms with van der Waals surface area (Å²) in [5, 5.41) is 9.04.